The Labute approximate surface area is 425 Å². The van der Waals surface area contributed by atoms with E-state index in [2.05, 4.69) is 63.2 Å². The fourth-order valence-electron chi connectivity index (χ4n) is 6.16. The van der Waals surface area contributed by atoms with Crippen molar-refractivity contribution < 1.29 is 24.8 Å². The highest BCUT2D eigenvalue weighted by molar-refractivity contribution is 8.14. The molecule has 28 heteroatoms. The van der Waals surface area contributed by atoms with Crippen molar-refractivity contribution in [3.8, 4) is 12.4 Å². The Morgan fingerprint density at radius 1 is 0.803 bits per heavy atom. The van der Waals surface area contributed by atoms with Crippen LogP contribution in [0.4, 0.5) is 0 Å². The van der Waals surface area contributed by atoms with Crippen molar-refractivity contribution in [1.82, 2.24) is 34.7 Å². The second kappa shape index (κ2) is 38.3. The SMILES string of the molecule is CC(=NC#N)N(C)C(C)C.CC(C)N1CCN/C1=N\[N+](=O)[O-].CC(C)N1CCSC1=NC#N.CC(C)N1COCN(C)/C1=N\[N+](=O)[O-].CC/C(=C\[N+](=O)[O-])N(CC)C(C)C.CC/C(CC(C)C)=N\[N+](=O)[O-]. The van der Waals surface area contributed by atoms with Crippen LogP contribution in [0.3, 0.4) is 0 Å². The lowest BCUT2D eigenvalue weighted by Gasteiger charge is -2.37. The number of nitrogens with zero attached hydrogens (tertiary/aromatic N) is 17. The summed E-state index contributed by atoms with van der Waals surface area (Å²) in [6.45, 7) is 35.9. The highest BCUT2D eigenvalue weighted by Crippen LogP contribution is 2.20. The molecule has 3 aliphatic heterocycles. The molecule has 0 atom stereocenters. The predicted octanol–water partition coefficient (Wildman–Crippen LogP) is 6.80. The van der Waals surface area contributed by atoms with Crippen LogP contribution >= 0.6 is 11.8 Å². The van der Waals surface area contributed by atoms with Gasteiger partial charge in [0.15, 0.2) is 20.3 Å². The van der Waals surface area contributed by atoms with E-state index in [0.717, 1.165) is 61.3 Å². The topological polar surface area (TPSA) is 323 Å². The van der Waals surface area contributed by atoms with Crippen molar-refractivity contribution in [1.29, 1.82) is 10.5 Å². The van der Waals surface area contributed by atoms with E-state index in [1.807, 2.05) is 111 Å². The zero-order chi connectivity index (χ0) is 55.6. The average molecular weight is 1030 g/mol. The quantitative estimate of drug-likeness (QED) is 0.0579. The molecular weight excluding hydrogens is 945 g/mol. The van der Waals surface area contributed by atoms with Gasteiger partial charge in [-0.2, -0.15) is 15.5 Å². The number of nitriles is 2. The zero-order valence-electron chi connectivity index (χ0n) is 45.3. The molecule has 0 unspecified atom stereocenters. The minimum Gasteiger partial charge on any atom is -0.368 e. The van der Waals surface area contributed by atoms with Crippen LogP contribution in [0.15, 0.2) is 37.2 Å². The molecular formula is C43H82N18O9S. The first-order valence-corrected chi connectivity index (χ1v) is 24.4. The monoisotopic (exact) mass is 1030 g/mol. The van der Waals surface area contributed by atoms with E-state index in [1.165, 1.54) is 0 Å². The second-order valence-electron chi connectivity index (χ2n) is 17.3. The Kier molecular flexibility index (Phi) is 37.2. The number of amidine groups is 2. The predicted molar refractivity (Wildman–Crippen MR) is 280 cm³/mol. The van der Waals surface area contributed by atoms with Crippen molar-refractivity contribution in [3.63, 3.8) is 0 Å². The molecule has 3 fully saturated rings. The first-order valence-electron chi connectivity index (χ1n) is 23.4. The standard InChI is InChI=1S/C9H18N2O2.C7H14N4O3.C7H11N3S.C7H13N3.C7H14N2O2.C6H12N4O2/c1-5-9(7-11(12)13)10(6-2)8(3)4;1-6(2)10-5-14-4-9(3)7(10)8-11(12)13;1-6(2)10-3-4-11-7(10)9-5-8;1-6(2)10(4)7(3)9-5-8;1-4-7(5-6(2)3)8-9(10)11;1-5(2)9-4-3-7-6(9)8-10(11)12/h7-8H,5-6H2,1-4H3;6H,4-5H2,1-3H3;6H,3-4H2,1-2H3;6H,1-4H3;6H,4-5H2,1-3H3;5H,3-4H2,1-2H3,(H,7,8)/b9-7+;8-7+;;;8-7+;. The van der Waals surface area contributed by atoms with Crippen molar-refractivity contribution >= 4 is 40.4 Å². The van der Waals surface area contributed by atoms with Gasteiger partial charge in [-0.1, -0.05) is 39.5 Å². The molecule has 0 saturated carbocycles. The molecule has 0 radical (unpaired) electrons. The van der Waals surface area contributed by atoms with E-state index in [-0.39, 0.29) is 17.0 Å². The smallest absolute Gasteiger partial charge is 0.277 e. The summed E-state index contributed by atoms with van der Waals surface area (Å²) in [5, 5.41) is 68.8. The lowest BCUT2D eigenvalue weighted by atomic mass is 10.1. The van der Waals surface area contributed by atoms with E-state index in [9.17, 15) is 40.5 Å². The molecule has 3 rings (SSSR count). The Morgan fingerprint density at radius 3 is 1.76 bits per heavy atom. The summed E-state index contributed by atoms with van der Waals surface area (Å²) in [5.41, 5.74) is 1.47. The summed E-state index contributed by atoms with van der Waals surface area (Å²) < 4.78 is 5.22. The molecule has 404 valence electrons. The molecule has 0 aliphatic carbocycles. The maximum Gasteiger partial charge on any atom is 0.277 e. The lowest BCUT2D eigenvalue weighted by Crippen LogP contribution is -2.52. The first kappa shape index (κ1) is 68.8. The summed E-state index contributed by atoms with van der Waals surface area (Å²) in [5.74, 6) is 2.97. The molecule has 3 heterocycles. The molecule has 0 aromatic rings. The van der Waals surface area contributed by atoms with E-state index in [1.54, 1.807) is 34.8 Å². The van der Waals surface area contributed by atoms with Gasteiger partial charge in [0.2, 0.25) is 12.4 Å². The number of hydrazone groups is 3. The Balaban J connectivity index is -0.000000784. The molecule has 0 aromatic heterocycles. The number of allylic oxidation sites excluding steroid dienone is 1. The number of guanidine groups is 2. The number of rotatable bonds is 15. The van der Waals surface area contributed by atoms with Gasteiger partial charge in [-0.25, -0.2) is 30.3 Å². The Morgan fingerprint density at radius 2 is 1.37 bits per heavy atom. The van der Waals surface area contributed by atoms with Crippen molar-refractivity contribution in [2.75, 3.05) is 59.5 Å². The number of nitrogens with one attached hydrogen (secondary N) is 1. The van der Waals surface area contributed by atoms with Gasteiger partial charge < -0.3 is 39.5 Å². The van der Waals surface area contributed by atoms with Crippen molar-refractivity contribution in [2.45, 2.75) is 160 Å². The van der Waals surface area contributed by atoms with Gasteiger partial charge in [-0.3, -0.25) is 10.1 Å². The van der Waals surface area contributed by atoms with Gasteiger partial charge in [0.05, 0.1) is 21.4 Å². The van der Waals surface area contributed by atoms with Crippen LogP contribution < -0.4 is 5.32 Å². The van der Waals surface area contributed by atoms with Gasteiger partial charge in [0.25, 0.3) is 18.1 Å². The number of hydrogen-bond acceptors (Lipinski definition) is 15. The first-order chi connectivity index (χ1) is 33.1. The highest BCUT2D eigenvalue weighted by atomic mass is 32.2. The lowest BCUT2D eigenvalue weighted by molar-refractivity contribution is -0.486. The molecule has 1 N–H and O–H groups in total. The van der Waals surface area contributed by atoms with Crippen LogP contribution in [0.5, 0.6) is 0 Å². The van der Waals surface area contributed by atoms with Crippen LogP contribution in [0.1, 0.15) is 130 Å². The molecule has 27 nitrogen and oxygen atoms in total. The molecule has 0 aromatic carbocycles. The maximum atomic E-state index is 10.3. The summed E-state index contributed by atoms with van der Waals surface area (Å²) in [4.78, 5) is 58.9. The summed E-state index contributed by atoms with van der Waals surface area (Å²) in [6, 6.07) is 1.54. The summed E-state index contributed by atoms with van der Waals surface area (Å²) in [7, 11) is 3.62. The zero-order valence-corrected chi connectivity index (χ0v) is 46.1. The Bertz CT molecular complexity index is 1890. The van der Waals surface area contributed by atoms with Crippen LogP contribution in [0.25, 0.3) is 0 Å². The van der Waals surface area contributed by atoms with Crippen molar-refractivity contribution in [2.24, 2.45) is 31.2 Å². The molecule has 3 aliphatic rings. The van der Waals surface area contributed by atoms with Gasteiger partial charge in [0, 0.05) is 76.2 Å². The van der Waals surface area contributed by atoms with Gasteiger partial charge in [-0.15, -0.1) is 4.99 Å². The van der Waals surface area contributed by atoms with Crippen LogP contribution in [-0.4, -0.2) is 168 Å². The molecule has 0 amide bonds. The second-order valence-corrected chi connectivity index (χ2v) is 18.4. The van der Waals surface area contributed by atoms with Crippen LogP contribution in [0.2, 0.25) is 0 Å². The molecule has 0 spiro atoms. The maximum absolute atomic E-state index is 10.3. The number of nitro groups is 4. The highest BCUT2D eigenvalue weighted by Gasteiger charge is 2.27. The third-order valence-electron chi connectivity index (χ3n) is 9.92. The van der Waals surface area contributed by atoms with E-state index >= 15 is 0 Å². The molecule has 3 saturated heterocycles. The molecule has 71 heavy (non-hydrogen) atoms. The van der Waals surface area contributed by atoms with E-state index in [0.29, 0.717) is 68.0 Å². The summed E-state index contributed by atoms with van der Waals surface area (Å²) >= 11 is 1.66. The number of aliphatic imine (C=N–C) groups is 2. The third kappa shape index (κ3) is 31.4. The minimum absolute atomic E-state index is 0.122. The average Bonchev–Trinajstić information content (AvgIpc) is 3.94. The third-order valence-corrected chi connectivity index (χ3v) is 10.9. The number of thioether (sulfide) groups is 1. The van der Waals surface area contributed by atoms with Crippen molar-refractivity contribution in [3.05, 3.63) is 52.4 Å². The van der Waals surface area contributed by atoms with Crippen LogP contribution in [0, 0.1) is 69.3 Å². The van der Waals surface area contributed by atoms with E-state index in [4.69, 9.17) is 15.3 Å². The van der Waals surface area contributed by atoms with Gasteiger partial charge in [-0.05, 0) is 108 Å². The normalized spacial score (nSPS) is 16.5. The van der Waals surface area contributed by atoms with Crippen LogP contribution in [-0.2, 0) is 4.74 Å². The van der Waals surface area contributed by atoms with Gasteiger partial charge >= 0.3 is 0 Å². The summed E-state index contributed by atoms with van der Waals surface area (Å²) in [6.07, 6.45) is 6.76. The fourth-order valence-corrected chi connectivity index (χ4v) is 7.20. The van der Waals surface area contributed by atoms with E-state index < -0.39 is 15.1 Å². The number of ether oxygens (including phenoxy) is 1. The van der Waals surface area contributed by atoms with Gasteiger partial charge in [0.1, 0.15) is 29.5 Å². The number of hydrogen-bond donors (Lipinski definition) is 1. The Hall–Kier alpha value is -6.42. The minimum atomic E-state index is -0.688. The largest absolute Gasteiger partial charge is 0.368 e. The molecule has 0 bridgehead atoms. The fraction of sp³-hybridized carbons (Fsp3) is 0.791.